The molecule has 3 rings (SSSR count). The third-order valence-electron chi connectivity index (χ3n) is 3.43. The third-order valence-corrected chi connectivity index (χ3v) is 3.43. The Kier molecular flexibility index (Phi) is 2.71. The van der Waals surface area contributed by atoms with Gasteiger partial charge in [-0.2, -0.15) is 0 Å². The van der Waals surface area contributed by atoms with Gasteiger partial charge in [0, 0.05) is 17.1 Å². The van der Waals surface area contributed by atoms with E-state index in [1.807, 2.05) is 25.1 Å². The summed E-state index contributed by atoms with van der Waals surface area (Å²) in [6.07, 6.45) is 1.50. The van der Waals surface area contributed by atoms with Crippen molar-refractivity contribution in [3.05, 3.63) is 53.7 Å². The number of phenolic OH excluding ortho intramolecular Hbond substituents is 1. The van der Waals surface area contributed by atoms with Crippen LogP contribution in [0.1, 0.15) is 15.9 Å². The lowest BCUT2D eigenvalue weighted by atomic mass is 9.99. The SMILES string of the molecule is Cc1cc(O)ccc1-c1ccc2c(C(=O)O)c[nH]c2c1. The van der Waals surface area contributed by atoms with Gasteiger partial charge in [0.15, 0.2) is 0 Å². The van der Waals surface area contributed by atoms with Crippen molar-refractivity contribution >= 4 is 16.9 Å². The van der Waals surface area contributed by atoms with Gasteiger partial charge in [0.05, 0.1) is 5.56 Å². The minimum atomic E-state index is -0.940. The van der Waals surface area contributed by atoms with Crippen molar-refractivity contribution in [3.8, 4) is 16.9 Å². The summed E-state index contributed by atoms with van der Waals surface area (Å²) >= 11 is 0. The van der Waals surface area contributed by atoms with Crippen LogP contribution in [0.2, 0.25) is 0 Å². The molecule has 20 heavy (non-hydrogen) atoms. The van der Waals surface area contributed by atoms with E-state index >= 15 is 0 Å². The first-order valence-corrected chi connectivity index (χ1v) is 6.20. The average molecular weight is 267 g/mol. The van der Waals surface area contributed by atoms with E-state index in [0.717, 1.165) is 22.2 Å². The van der Waals surface area contributed by atoms with Gasteiger partial charge in [0.1, 0.15) is 5.75 Å². The molecule has 0 bridgehead atoms. The molecule has 0 radical (unpaired) electrons. The maximum Gasteiger partial charge on any atom is 0.337 e. The molecule has 0 aliphatic heterocycles. The smallest absolute Gasteiger partial charge is 0.337 e. The summed E-state index contributed by atoms with van der Waals surface area (Å²) in [5.74, 6) is -0.704. The van der Waals surface area contributed by atoms with Gasteiger partial charge in [0.2, 0.25) is 0 Å². The van der Waals surface area contributed by atoms with Gasteiger partial charge in [-0.25, -0.2) is 4.79 Å². The highest BCUT2D eigenvalue weighted by Crippen LogP contribution is 2.29. The molecule has 1 heterocycles. The number of hydrogen-bond acceptors (Lipinski definition) is 2. The molecule has 4 nitrogen and oxygen atoms in total. The summed E-state index contributed by atoms with van der Waals surface area (Å²) in [4.78, 5) is 14.1. The van der Waals surface area contributed by atoms with Crippen LogP contribution in [0.4, 0.5) is 0 Å². The molecule has 0 unspecified atom stereocenters. The number of aryl methyl sites for hydroxylation is 1. The standard InChI is InChI=1S/C16H13NO3/c1-9-6-11(18)3-5-12(9)10-2-4-13-14(16(19)20)8-17-15(13)7-10/h2-8,17-18H,1H3,(H,19,20). The maximum atomic E-state index is 11.1. The molecule has 0 fully saturated rings. The lowest BCUT2D eigenvalue weighted by molar-refractivity contribution is 0.0699. The van der Waals surface area contributed by atoms with Gasteiger partial charge in [-0.1, -0.05) is 18.2 Å². The van der Waals surface area contributed by atoms with Crippen LogP contribution in [-0.4, -0.2) is 21.2 Å². The summed E-state index contributed by atoms with van der Waals surface area (Å²) in [6, 6.07) is 10.8. The summed E-state index contributed by atoms with van der Waals surface area (Å²) in [7, 11) is 0. The Hall–Kier alpha value is -2.75. The number of benzene rings is 2. The van der Waals surface area contributed by atoms with Crippen molar-refractivity contribution < 1.29 is 15.0 Å². The number of aromatic carboxylic acids is 1. The van der Waals surface area contributed by atoms with E-state index in [9.17, 15) is 9.90 Å². The number of aromatic amines is 1. The lowest BCUT2D eigenvalue weighted by Gasteiger charge is -2.07. The number of rotatable bonds is 2. The van der Waals surface area contributed by atoms with Crippen LogP contribution < -0.4 is 0 Å². The second kappa shape index (κ2) is 4.42. The molecule has 100 valence electrons. The fourth-order valence-corrected chi connectivity index (χ4v) is 2.44. The van der Waals surface area contributed by atoms with Gasteiger partial charge in [-0.15, -0.1) is 0 Å². The fraction of sp³-hybridized carbons (Fsp3) is 0.0625. The van der Waals surface area contributed by atoms with Gasteiger partial charge >= 0.3 is 5.97 Å². The van der Waals surface area contributed by atoms with Crippen LogP contribution in [0.15, 0.2) is 42.6 Å². The monoisotopic (exact) mass is 267 g/mol. The van der Waals surface area contributed by atoms with E-state index in [0.29, 0.717) is 5.39 Å². The zero-order chi connectivity index (χ0) is 14.3. The molecule has 0 spiro atoms. The number of carboxylic acids is 1. The van der Waals surface area contributed by atoms with Crippen molar-refractivity contribution in [3.63, 3.8) is 0 Å². The Labute approximate surface area is 115 Å². The highest BCUT2D eigenvalue weighted by molar-refractivity contribution is 6.04. The third kappa shape index (κ3) is 1.91. The Morgan fingerprint density at radius 3 is 2.65 bits per heavy atom. The van der Waals surface area contributed by atoms with Crippen LogP contribution in [0, 0.1) is 6.92 Å². The quantitative estimate of drug-likeness (QED) is 0.664. The molecule has 0 saturated heterocycles. The van der Waals surface area contributed by atoms with Crippen molar-refractivity contribution in [2.75, 3.05) is 0 Å². The topological polar surface area (TPSA) is 73.3 Å². The molecule has 1 aromatic heterocycles. The number of aromatic nitrogens is 1. The predicted octanol–water partition coefficient (Wildman–Crippen LogP) is 3.55. The lowest BCUT2D eigenvalue weighted by Crippen LogP contribution is -1.93. The molecule has 2 aromatic carbocycles. The Balaban J connectivity index is 2.16. The first-order valence-electron chi connectivity index (χ1n) is 6.20. The first kappa shape index (κ1) is 12.3. The number of H-pyrrole nitrogens is 1. The number of hydrogen-bond donors (Lipinski definition) is 3. The molecule has 0 aliphatic rings. The van der Waals surface area contributed by atoms with Crippen LogP contribution in [0.5, 0.6) is 5.75 Å². The van der Waals surface area contributed by atoms with Crippen molar-refractivity contribution in [2.24, 2.45) is 0 Å². The number of fused-ring (bicyclic) bond motifs is 1. The molecular weight excluding hydrogens is 254 g/mol. The van der Waals surface area contributed by atoms with Crippen molar-refractivity contribution in [1.82, 2.24) is 4.98 Å². The highest BCUT2D eigenvalue weighted by atomic mass is 16.4. The van der Waals surface area contributed by atoms with E-state index in [1.165, 1.54) is 6.20 Å². The zero-order valence-electron chi connectivity index (χ0n) is 10.8. The van der Waals surface area contributed by atoms with Crippen LogP contribution in [-0.2, 0) is 0 Å². The summed E-state index contributed by atoms with van der Waals surface area (Å²) in [5, 5.41) is 19.2. The normalized spacial score (nSPS) is 10.8. The van der Waals surface area contributed by atoms with Crippen molar-refractivity contribution in [1.29, 1.82) is 0 Å². The second-order valence-electron chi connectivity index (χ2n) is 4.77. The molecule has 3 aromatic rings. The highest BCUT2D eigenvalue weighted by Gasteiger charge is 2.11. The van der Waals surface area contributed by atoms with Gasteiger partial charge in [-0.05, 0) is 41.8 Å². The number of phenols is 1. The molecule has 0 saturated carbocycles. The molecule has 0 aliphatic carbocycles. The average Bonchev–Trinajstić information content (AvgIpc) is 2.81. The van der Waals surface area contributed by atoms with Crippen molar-refractivity contribution in [2.45, 2.75) is 6.92 Å². The predicted molar refractivity (Wildman–Crippen MR) is 77.1 cm³/mol. The summed E-state index contributed by atoms with van der Waals surface area (Å²) < 4.78 is 0. The van der Waals surface area contributed by atoms with Gasteiger partial charge in [-0.3, -0.25) is 0 Å². The first-order chi connectivity index (χ1) is 9.56. The van der Waals surface area contributed by atoms with Crippen LogP contribution in [0.25, 0.3) is 22.0 Å². The molecule has 3 N–H and O–H groups in total. The van der Waals surface area contributed by atoms with E-state index in [-0.39, 0.29) is 11.3 Å². The Bertz CT molecular complexity index is 818. The zero-order valence-corrected chi connectivity index (χ0v) is 10.8. The van der Waals surface area contributed by atoms with Gasteiger partial charge in [0.25, 0.3) is 0 Å². The summed E-state index contributed by atoms with van der Waals surface area (Å²) in [6.45, 7) is 1.93. The Morgan fingerprint density at radius 2 is 1.95 bits per heavy atom. The minimum absolute atomic E-state index is 0.236. The molecule has 4 heteroatoms. The minimum Gasteiger partial charge on any atom is -0.508 e. The number of carbonyl (C=O) groups is 1. The summed E-state index contributed by atoms with van der Waals surface area (Å²) in [5.41, 5.74) is 4.01. The number of nitrogens with one attached hydrogen (secondary N) is 1. The molecular formula is C16H13NO3. The van der Waals surface area contributed by atoms with Crippen LogP contribution >= 0.6 is 0 Å². The van der Waals surface area contributed by atoms with Crippen LogP contribution in [0.3, 0.4) is 0 Å². The Morgan fingerprint density at radius 1 is 1.15 bits per heavy atom. The largest absolute Gasteiger partial charge is 0.508 e. The van der Waals surface area contributed by atoms with E-state index in [2.05, 4.69) is 4.98 Å². The van der Waals surface area contributed by atoms with Gasteiger partial charge < -0.3 is 15.2 Å². The fourth-order valence-electron chi connectivity index (χ4n) is 2.44. The molecule has 0 amide bonds. The molecule has 0 atom stereocenters. The van der Waals surface area contributed by atoms with E-state index in [4.69, 9.17) is 5.11 Å². The van der Waals surface area contributed by atoms with E-state index in [1.54, 1.807) is 18.2 Å². The number of carboxylic acid groups (broad SMARTS) is 1. The number of aromatic hydroxyl groups is 1. The second-order valence-corrected chi connectivity index (χ2v) is 4.77. The van der Waals surface area contributed by atoms with E-state index < -0.39 is 5.97 Å². The maximum absolute atomic E-state index is 11.1.